The average Bonchev–Trinajstić information content (AvgIpc) is 2.62. The molecule has 0 atom stereocenters. The van der Waals surface area contributed by atoms with Gasteiger partial charge in [-0.1, -0.05) is 32.4 Å². The van der Waals surface area contributed by atoms with Gasteiger partial charge in [0, 0.05) is 50.7 Å². The van der Waals surface area contributed by atoms with Crippen LogP contribution in [0.3, 0.4) is 0 Å². The summed E-state index contributed by atoms with van der Waals surface area (Å²) in [6.07, 6.45) is 4.09. The fourth-order valence-electron chi connectivity index (χ4n) is 3.41. The van der Waals surface area contributed by atoms with Crippen LogP contribution in [-0.4, -0.2) is 62.4 Å². The highest BCUT2D eigenvalue weighted by molar-refractivity contribution is 5.80. The molecule has 1 heterocycles. The summed E-state index contributed by atoms with van der Waals surface area (Å²) in [6, 6.07) is 9.08. The van der Waals surface area contributed by atoms with E-state index < -0.39 is 0 Å². The standard InChI is InChI=1S/C22H37N3O/c1-19(2)22(26)8-6-5-7-13-24(4)18-20-9-11-21(12-10-20)25-16-14-23(3)15-17-25/h9-12,19H,5-8,13-18H2,1-4H3. The van der Waals surface area contributed by atoms with E-state index in [-0.39, 0.29) is 5.92 Å². The van der Waals surface area contributed by atoms with Gasteiger partial charge in [-0.3, -0.25) is 4.79 Å². The molecule has 0 saturated carbocycles. The van der Waals surface area contributed by atoms with Gasteiger partial charge < -0.3 is 14.7 Å². The first-order valence-electron chi connectivity index (χ1n) is 10.2. The summed E-state index contributed by atoms with van der Waals surface area (Å²) in [4.78, 5) is 18.9. The number of likely N-dealkylation sites (N-methyl/N-ethyl adjacent to an activating group) is 1. The summed E-state index contributed by atoms with van der Waals surface area (Å²) in [5.41, 5.74) is 2.72. The van der Waals surface area contributed by atoms with E-state index in [4.69, 9.17) is 0 Å². The second-order valence-corrected chi connectivity index (χ2v) is 8.13. The van der Waals surface area contributed by atoms with E-state index in [1.54, 1.807) is 0 Å². The Bertz CT molecular complexity index is 533. The van der Waals surface area contributed by atoms with Crippen molar-refractivity contribution in [2.75, 3.05) is 51.7 Å². The lowest BCUT2D eigenvalue weighted by Gasteiger charge is -2.34. The molecule has 1 aliphatic heterocycles. The zero-order chi connectivity index (χ0) is 18.9. The van der Waals surface area contributed by atoms with Gasteiger partial charge in [0.25, 0.3) is 0 Å². The largest absolute Gasteiger partial charge is 0.369 e. The van der Waals surface area contributed by atoms with Gasteiger partial charge in [-0.25, -0.2) is 0 Å². The van der Waals surface area contributed by atoms with Crippen LogP contribution in [-0.2, 0) is 11.3 Å². The maximum atomic E-state index is 11.6. The van der Waals surface area contributed by atoms with E-state index in [0.717, 1.165) is 58.5 Å². The van der Waals surface area contributed by atoms with E-state index >= 15 is 0 Å². The number of ketones is 1. The van der Waals surface area contributed by atoms with Gasteiger partial charge in [0.1, 0.15) is 5.78 Å². The van der Waals surface area contributed by atoms with Crippen molar-refractivity contribution in [3.63, 3.8) is 0 Å². The molecule has 1 fully saturated rings. The van der Waals surface area contributed by atoms with E-state index in [1.165, 1.54) is 17.7 Å². The molecule has 0 aliphatic carbocycles. The Morgan fingerprint density at radius 1 is 1.04 bits per heavy atom. The van der Waals surface area contributed by atoms with Crippen molar-refractivity contribution in [2.24, 2.45) is 5.92 Å². The van der Waals surface area contributed by atoms with Crippen molar-refractivity contribution >= 4 is 11.5 Å². The number of anilines is 1. The van der Waals surface area contributed by atoms with Crippen LogP contribution < -0.4 is 4.90 Å². The Labute approximate surface area is 160 Å². The minimum Gasteiger partial charge on any atom is -0.369 e. The molecule has 0 unspecified atom stereocenters. The second-order valence-electron chi connectivity index (χ2n) is 8.13. The number of piperazine rings is 1. The molecule has 4 heteroatoms. The van der Waals surface area contributed by atoms with Gasteiger partial charge in [0.05, 0.1) is 0 Å². The number of carbonyl (C=O) groups excluding carboxylic acids is 1. The zero-order valence-electron chi connectivity index (χ0n) is 17.2. The maximum absolute atomic E-state index is 11.6. The smallest absolute Gasteiger partial charge is 0.135 e. The van der Waals surface area contributed by atoms with Crippen LogP contribution in [0.15, 0.2) is 24.3 Å². The molecule has 1 aliphatic rings. The molecule has 0 N–H and O–H groups in total. The van der Waals surface area contributed by atoms with Crippen LogP contribution in [0.2, 0.25) is 0 Å². The lowest BCUT2D eigenvalue weighted by atomic mass is 10.0. The van der Waals surface area contributed by atoms with E-state index in [2.05, 4.69) is 53.1 Å². The molecule has 1 aromatic rings. The quantitative estimate of drug-likeness (QED) is 0.596. The lowest BCUT2D eigenvalue weighted by Crippen LogP contribution is -2.44. The molecule has 1 aromatic carbocycles. The minimum absolute atomic E-state index is 0.187. The van der Waals surface area contributed by atoms with Crippen molar-refractivity contribution in [1.29, 1.82) is 0 Å². The number of unbranched alkanes of at least 4 members (excludes halogenated alkanes) is 2. The third kappa shape index (κ3) is 7.08. The molecular formula is C22H37N3O. The highest BCUT2D eigenvalue weighted by atomic mass is 16.1. The summed E-state index contributed by atoms with van der Waals surface area (Å²) in [5, 5.41) is 0. The first-order valence-corrected chi connectivity index (χ1v) is 10.2. The number of carbonyl (C=O) groups is 1. The Morgan fingerprint density at radius 2 is 1.69 bits per heavy atom. The van der Waals surface area contributed by atoms with Crippen LogP contribution in [0.4, 0.5) is 5.69 Å². The Morgan fingerprint density at radius 3 is 2.31 bits per heavy atom. The molecule has 146 valence electrons. The number of nitrogens with zero attached hydrogens (tertiary/aromatic N) is 3. The normalized spacial score (nSPS) is 15.8. The molecule has 1 saturated heterocycles. The van der Waals surface area contributed by atoms with Gasteiger partial charge >= 0.3 is 0 Å². The zero-order valence-corrected chi connectivity index (χ0v) is 17.2. The minimum atomic E-state index is 0.187. The molecule has 0 bridgehead atoms. The summed E-state index contributed by atoms with van der Waals surface area (Å²) in [5.74, 6) is 0.588. The van der Waals surface area contributed by atoms with Crippen molar-refractivity contribution in [2.45, 2.75) is 46.1 Å². The molecule has 0 spiro atoms. The van der Waals surface area contributed by atoms with Gasteiger partial charge in [-0.05, 0) is 51.2 Å². The fourth-order valence-corrected chi connectivity index (χ4v) is 3.41. The number of hydrogen-bond acceptors (Lipinski definition) is 4. The molecule has 2 rings (SSSR count). The third-order valence-electron chi connectivity index (χ3n) is 5.36. The van der Waals surface area contributed by atoms with Gasteiger partial charge in [0.2, 0.25) is 0 Å². The molecule has 0 amide bonds. The van der Waals surface area contributed by atoms with Crippen LogP contribution in [0, 0.1) is 5.92 Å². The van der Waals surface area contributed by atoms with Crippen molar-refractivity contribution in [1.82, 2.24) is 9.80 Å². The number of rotatable bonds is 10. The highest BCUT2D eigenvalue weighted by Gasteiger charge is 2.14. The Kier molecular flexibility index (Phi) is 8.60. The second kappa shape index (κ2) is 10.7. The van der Waals surface area contributed by atoms with E-state index in [9.17, 15) is 4.79 Å². The first-order chi connectivity index (χ1) is 12.5. The van der Waals surface area contributed by atoms with E-state index in [1.807, 2.05) is 13.8 Å². The number of hydrogen-bond donors (Lipinski definition) is 0. The Hall–Kier alpha value is -1.39. The topological polar surface area (TPSA) is 26.8 Å². The third-order valence-corrected chi connectivity index (χ3v) is 5.36. The molecule has 4 nitrogen and oxygen atoms in total. The fraction of sp³-hybridized carbons (Fsp3) is 0.682. The number of benzene rings is 1. The lowest BCUT2D eigenvalue weighted by molar-refractivity contribution is -0.122. The Balaban J connectivity index is 1.65. The highest BCUT2D eigenvalue weighted by Crippen LogP contribution is 2.18. The van der Waals surface area contributed by atoms with Crippen LogP contribution >= 0.6 is 0 Å². The summed E-state index contributed by atoms with van der Waals surface area (Å²) in [6.45, 7) is 10.6. The van der Waals surface area contributed by atoms with Gasteiger partial charge in [-0.15, -0.1) is 0 Å². The molecular weight excluding hydrogens is 322 g/mol. The molecule has 0 radical (unpaired) electrons. The SMILES string of the molecule is CC(C)C(=O)CCCCCN(C)Cc1ccc(N2CCN(C)CC2)cc1. The first kappa shape index (κ1) is 20.9. The van der Waals surface area contributed by atoms with Crippen LogP contribution in [0.5, 0.6) is 0 Å². The predicted octanol–water partition coefficient (Wildman–Crippen LogP) is 3.66. The van der Waals surface area contributed by atoms with Crippen LogP contribution in [0.25, 0.3) is 0 Å². The van der Waals surface area contributed by atoms with Crippen molar-refractivity contribution in [3.05, 3.63) is 29.8 Å². The summed E-state index contributed by atoms with van der Waals surface area (Å²) >= 11 is 0. The maximum Gasteiger partial charge on any atom is 0.135 e. The van der Waals surface area contributed by atoms with E-state index in [0.29, 0.717) is 5.78 Å². The summed E-state index contributed by atoms with van der Waals surface area (Å²) < 4.78 is 0. The average molecular weight is 360 g/mol. The summed E-state index contributed by atoms with van der Waals surface area (Å²) in [7, 11) is 4.38. The van der Waals surface area contributed by atoms with Crippen molar-refractivity contribution in [3.8, 4) is 0 Å². The number of Topliss-reactive ketones (excluding diaryl/α,β-unsaturated/α-hetero) is 1. The van der Waals surface area contributed by atoms with Crippen LogP contribution in [0.1, 0.15) is 45.1 Å². The van der Waals surface area contributed by atoms with Gasteiger partial charge in [0.15, 0.2) is 0 Å². The van der Waals surface area contributed by atoms with Crippen molar-refractivity contribution < 1.29 is 4.79 Å². The predicted molar refractivity (Wildman–Crippen MR) is 111 cm³/mol. The van der Waals surface area contributed by atoms with Gasteiger partial charge in [-0.2, -0.15) is 0 Å². The molecule has 0 aromatic heterocycles. The monoisotopic (exact) mass is 359 g/mol. The molecule has 26 heavy (non-hydrogen) atoms.